The highest BCUT2D eigenvalue weighted by molar-refractivity contribution is 8.14. The van der Waals surface area contributed by atoms with Gasteiger partial charge in [-0.15, -0.1) is 0 Å². The molecule has 1 amide bonds. The molecule has 88 valence electrons. The maximum atomic E-state index is 11.8. The Kier molecular flexibility index (Phi) is 2.12. The van der Waals surface area contributed by atoms with Crippen molar-refractivity contribution in [1.82, 2.24) is 0 Å². The lowest BCUT2D eigenvalue weighted by Crippen LogP contribution is -2.41. The van der Waals surface area contributed by atoms with E-state index in [1.807, 2.05) is 31.2 Å². The Morgan fingerprint density at radius 1 is 1.53 bits per heavy atom. The zero-order valence-electron chi connectivity index (χ0n) is 9.54. The second kappa shape index (κ2) is 3.34. The summed E-state index contributed by atoms with van der Waals surface area (Å²) in [6.07, 6.45) is 0. The van der Waals surface area contributed by atoms with E-state index in [1.165, 1.54) is 18.7 Å². The van der Waals surface area contributed by atoms with E-state index in [9.17, 15) is 9.90 Å². The van der Waals surface area contributed by atoms with Crippen molar-refractivity contribution in [3.63, 3.8) is 0 Å². The number of para-hydroxylation sites is 1. The number of aliphatic hydroxyl groups is 1. The normalized spacial score (nSPS) is 29.9. The lowest BCUT2D eigenvalue weighted by Gasteiger charge is -2.24. The number of hydrogen-bond acceptors (Lipinski definition) is 4. The van der Waals surface area contributed by atoms with Gasteiger partial charge in [0.1, 0.15) is 5.37 Å². The van der Waals surface area contributed by atoms with E-state index in [4.69, 9.17) is 0 Å². The van der Waals surface area contributed by atoms with Gasteiger partial charge in [-0.3, -0.25) is 9.69 Å². The summed E-state index contributed by atoms with van der Waals surface area (Å²) >= 11 is 1.43. The minimum atomic E-state index is -1.28. The van der Waals surface area contributed by atoms with Gasteiger partial charge in [-0.25, -0.2) is 4.99 Å². The molecule has 4 nitrogen and oxygen atoms in total. The summed E-state index contributed by atoms with van der Waals surface area (Å²) in [4.78, 5) is 17.7. The largest absolute Gasteiger partial charge is 0.363 e. The van der Waals surface area contributed by atoms with Crippen molar-refractivity contribution in [2.24, 2.45) is 4.99 Å². The van der Waals surface area contributed by atoms with Gasteiger partial charge in [0, 0.05) is 12.5 Å². The zero-order valence-corrected chi connectivity index (χ0v) is 10.4. The first-order valence-electron chi connectivity index (χ1n) is 5.39. The summed E-state index contributed by atoms with van der Waals surface area (Å²) in [5, 5.41) is 11.1. The Balaban J connectivity index is 2.24. The molecular weight excluding hydrogens is 236 g/mol. The average molecular weight is 248 g/mol. The van der Waals surface area contributed by atoms with Crippen LogP contribution in [0, 0.1) is 0 Å². The van der Waals surface area contributed by atoms with Gasteiger partial charge < -0.3 is 5.11 Å². The molecule has 1 aromatic rings. The minimum Gasteiger partial charge on any atom is -0.363 e. The van der Waals surface area contributed by atoms with Crippen LogP contribution in [0.5, 0.6) is 0 Å². The van der Waals surface area contributed by atoms with E-state index >= 15 is 0 Å². The number of carbonyl (C=O) groups excluding carboxylic acids is 1. The third-order valence-electron chi connectivity index (χ3n) is 3.09. The van der Waals surface area contributed by atoms with E-state index in [1.54, 1.807) is 4.90 Å². The van der Waals surface area contributed by atoms with Crippen LogP contribution in [0.25, 0.3) is 0 Å². The van der Waals surface area contributed by atoms with E-state index in [0.717, 1.165) is 10.7 Å². The Morgan fingerprint density at radius 2 is 2.24 bits per heavy atom. The number of nitrogens with zero attached hydrogens (tertiary/aromatic N) is 2. The van der Waals surface area contributed by atoms with Crippen LogP contribution >= 0.6 is 11.8 Å². The fourth-order valence-corrected chi connectivity index (χ4v) is 3.67. The monoisotopic (exact) mass is 248 g/mol. The van der Waals surface area contributed by atoms with E-state index < -0.39 is 5.72 Å². The molecule has 1 aromatic carbocycles. The van der Waals surface area contributed by atoms with Crippen molar-refractivity contribution < 1.29 is 9.90 Å². The molecule has 2 aliphatic rings. The molecule has 3 rings (SSSR count). The van der Waals surface area contributed by atoms with Crippen molar-refractivity contribution in [1.29, 1.82) is 0 Å². The smallest absolute Gasteiger partial charge is 0.225 e. The van der Waals surface area contributed by atoms with Crippen molar-refractivity contribution >= 4 is 28.4 Å². The SMILES string of the molecule is CC(=O)N1c2ccccc2[C@@]2(O)N=C(C)S[C@@H]12. The molecular formula is C12H12N2O2S. The van der Waals surface area contributed by atoms with Crippen molar-refractivity contribution in [2.75, 3.05) is 4.90 Å². The van der Waals surface area contributed by atoms with Gasteiger partial charge >= 0.3 is 0 Å². The van der Waals surface area contributed by atoms with Crippen LogP contribution in [0.4, 0.5) is 5.69 Å². The number of hydrogen-bond donors (Lipinski definition) is 1. The highest BCUT2D eigenvalue weighted by atomic mass is 32.2. The molecule has 0 radical (unpaired) electrons. The summed E-state index contributed by atoms with van der Waals surface area (Å²) in [6, 6.07) is 7.39. The third kappa shape index (κ3) is 1.29. The van der Waals surface area contributed by atoms with Crippen LogP contribution in [0.1, 0.15) is 19.4 Å². The van der Waals surface area contributed by atoms with Gasteiger partial charge in [-0.05, 0) is 13.0 Å². The maximum absolute atomic E-state index is 11.8. The van der Waals surface area contributed by atoms with Gasteiger partial charge in [0.15, 0.2) is 0 Å². The summed E-state index contributed by atoms with van der Waals surface area (Å²) < 4.78 is 0. The van der Waals surface area contributed by atoms with E-state index in [2.05, 4.69) is 4.99 Å². The Bertz CT molecular complexity index is 543. The molecule has 1 N–H and O–H groups in total. The van der Waals surface area contributed by atoms with E-state index in [-0.39, 0.29) is 11.3 Å². The minimum absolute atomic E-state index is 0.0734. The van der Waals surface area contributed by atoms with Gasteiger partial charge in [-0.1, -0.05) is 30.0 Å². The third-order valence-corrected chi connectivity index (χ3v) is 4.28. The lowest BCUT2D eigenvalue weighted by molar-refractivity contribution is -0.117. The molecule has 0 fully saturated rings. The van der Waals surface area contributed by atoms with Gasteiger partial charge in [-0.2, -0.15) is 0 Å². The molecule has 2 atom stereocenters. The summed E-state index contributed by atoms with van der Waals surface area (Å²) in [6.45, 7) is 3.36. The lowest BCUT2D eigenvalue weighted by atomic mass is 10.1. The standard InChI is InChI=1S/C12H12N2O2S/c1-7-13-12(16)9-5-3-4-6-10(9)14(8(2)15)11(12)17-7/h3-6,11,16H,1-2H3/t11-,12+/m1/s1. The molecule has 2 heterocycles. The van der Waals surface area contributed by atoms with Crippen LogP contribution in [-0.4, -0.2) is 21.4 Å². The summed E-state index contributed by atoms with van der Waals surface area (Å²) in [5.41, 5.74) is 0.192. The Morgan fingerprint density at radius 3 is 2.94 bits per heavy atom. The highest BCUT2D eigenvalue weighted by Crippen LogP contribution is 2.52. The number of thioether (sulfide) groups is 1. The molecule has 0 aromatic heterocycles. The van der Waals surface area contributed by atoms with Crippen LogP contribution in [0.15, 0.2) is 29.3 Å². The van der Waals surface area contributed by atoms with Gasteiger partial charge in [0.25, 0.3) is 0 Å². The van der Waals surface area contributed by atoms with Gasteiger partial charge in [0.2, 0.25) is 11.6 Å². The first-order valence-corrected chi connectivity index (χ1v) is 6.27. The van der Waals surface area contributed by atoms with Crippen LogP contribution in [-0.2, 0) is 10.5 Å². The second-order valence-corrected chi connectivity index (χ2v) is 5.51. The van der Waals surface area contributed by atoms with Crippen LogP contribution in [0.3, 0.4) is 0 Å². The number of rotatable bonds is 0. The predicted octanol–water partition coefficient (Wildman–Crippen LogP) is 1.69. The molecule has 2 aliphatic heterocycles. The Hall–Kier alpha value is -1.33. The number of amides is 1. The quantitative estimate of drug-likeness (QED) is 0.760. The van der Waals surface area contributed by atoms with Crippen molar-refractivity contribution in [2.45, 2.75) is 24.9 Å². The number of benzene rings is 1. The molecule has 0 unspecified atom stereocenters. The summed E-state index contributed by atoms with van der Waals surface area (Å²) in [5.74, 6) is -0.0734. The zero-order chi connectivity index (χ0) is 12.2. The molecule has 0 bridgehead atoms. The molecule has 0 saturated carbocycles. The topological polar surface area (TPSA) is 52.9 Å². The summed E-state index contributed by atoms with van der Waals surface area (Å²) in [7, 11) is 0. The fourth-order valence-electron chi connectivity index (χ4n) is 2.45. The highest BCUT2D eigenvalue weighted by Gasteiger charge is 2.55. The van der Waals surface area contributed by atoms with Crippen LogP contribution < -0.4 is 4.90 Å². The number of anilines is 1. The van der Waals surface area contributed by atoms with Gasteiger partial charge in [0.05, 0.1) is 10.7 Å². The number of carbonyl (C=O) groups is 1. The number of fused-ring (bicyclic) bond motifs is 3. The Labute approximate surface area is 103 Å². The first-order chi connectivity index (χ1) is 8.04. The van der Waals surface area contributed by atoms with Crippen LogP contribution in [0.2, 0.25) is 0 Å². The first kappa shape index (κ1) is 10.8. The molecule has 5 heteroatoms. The van der Waals surface area contributed by atoms with E-state index in [0.29, 0.717) is 5.56 Å². The fraction of sp³-hybridized carbons (Fsp3) is 0.333. The van der Waals surface area contributed by atoms with Crippen molar-refractivity contribution in [3.8, 4) is 0 Å². The number of aliphatic imine (C=N–C) groups is 1. The second-order valence-electron chi connectivity index (χ2n) is 4.23. The average Bonchev–Trinajstić information content (AvgIpc) is 2.66. The molecule has 0 spiro atoms. The maximum Gasteiger partial charge on any atom is 0.225 e. The molecule has 0 aliphatic carbocycles. The van der Waals surface area contributed by atoms with Crippen molar-refractivity contribution in [3.05, 3.63) is 29.8 Å². The molecule has 17 heavy (non-hydrogen) atoms. The molecule has 0 saturated heterocycles. The predicted molar refractivity (Wildman–Crippen MR) is 68.0 cm³/mol.